The molecule has 2 fully saturated rings. The molecule has 1 saturated carbocycles. The van der Waals surface area contributed by atoms with Crippen LogP contribution in [0.5, 0.6) is 0 Å². The molecule has 1 aromatic heterocycles. The van der Waals surface area contributed by atoms with Gasteiger partial charge in [0, 0.05) is 37.9 Å². The number of nitrogens with zero attached hydrogens (tertiary/aromatic N) is 2. The lowest BCUT2D eigenvalue weighted by Gasteiger charge is -2.16. The summed E-state index contributed by atoms with van der Waals surface area (Å²) in [4.78, 5) is 10.4. The highest BCUT2D eigenvalue weighted by atomic mass is 16.3. The summed E-state index contributed by atoms with van der Waals surface area (Å²) in [6.07, 6.45) is 7.46. The predicted octanol–water partition coefficient (Wildman–Crippen LogP) is 1.95. The average molecular weight is 263 g/mol. The number of hydrogen-bond donors (Lipinski definition) is 2. The Hall–Kier alpha value is -0.870. The number of aromatic amines is 1. The van der Waals surface area contributed by atoms with Gasteiger partial charge >= 0.3 is 0 Å². The molecule has 4 heteroatoms. The third-order valence-electron chi connectivity index (χ3n) is 4.64. The van der Waals surface area contributed by atoms with Crippen LogP contribution >= 0.6 is 0 Å². The minimum Gasteiger partial charge on any atom is -0.393 e. The van der Waals surface area contributed by atoms with Crippen molar-refractivity contribution in [2.45, 2.75) is 51.7 Å². The van der Waals surface area contributed by atoms with Crippen LogP contribution in [0.1, 0.15) is 44.1 Å². The number of likely N-dealkylation sites (tertiary alicyclic amines) is 1. The molecule has 0 radical (unpaired) electrons. The van der Waals surface area contributed by atoms with E-state index in [1.165, 1.54) is 18.5 Å². The number of unbranched alkanes of at least 4 members (excludes halogenated alkanes) is 1. The zero-order valence-electron chi connectivity index (χ0n) is 11.8. The van der Waals surface area contributed by atoms with E-state index in [2.05, 4.69) is 21.8 Å². The molecule has 2 heterocycles. The van der Waals surface area contributed by atoms with Gasteiger partial charge in [0.2, 0.25) is 0 Å². The molecule has 0 aromatic carbocycles. The lowest BCUT2D eigenvalue weighted by atomic mass is 10.0. The van der Waals surface area contributed by atoms with E-state index < -0.39 is 0 Å². The number of aromatic nitrogens is 2. The lowest BCUT2D eigenvalue weighted by Crippen LogP contribution is -2.22. The SMILES string of the molecule is CCCCc1ncc(CN2C[C@H]3CC(O)C[C@H]3C2)[nH]1. The molecular weight excluding hydrogens is 238 g/mol. The molecule has 19 heavy (non-hydrogen) atoms. The first-order chi connectivity index (χ1) is 9.24. The van der Waals surface area contributed by atoms with Crippen LogP contribution in [-0.4, -0.2) is 39.2 Å². The molecule has 0 amide bonds. The Balaban J connectivity index is 1.51. The van der Waals surface area contributed by atoms with Gasteiger partial charge in [0.25, 0.3) is 0 Å². The quantitative estimate of drug-likeness (QED) is 0.854. The molecule has 3 rings (SSSR count). The van der Waals surface area contributed by atoms with Crippen LogP contribution in [0.2, 0.25) is 0 Å². The van der Waals surface area contributed by atoms with Crippen LogP contribution in [-0.2, 0) is 13.0 Å². The van der Waals surface area contributed by atoms with Gasteiger partial charge < -0.3 is 10.1 Å². The Bertz CT molecular complexity index is 403. The zero-order valence-corrected chi connectivity index (χ0v) is 11.8. The fourth-order valence-electron chi connectivity index (χ4n) is 3.69. The van der Waals surface area contributed by atoms with Gasteiger partial charge in [-0.3, -0.25) is 4.90 Å². The fraction of sp³-hybridized carbons (Fsp3) is 0.800. The number of imidazole rings is 1. The summed E-state index contributed by atoms with van der Waals surface area (Å²) in [6, 6.07) is 0. The van der Waals surface area contributed by atoms with Crippen molar-refractivity contribution >= 4 is 0 Å². The molecule has 4 nitrogen and oxygen atoms in total. The summed E-state index contributed by atoms with van der Waals surface area (Å²) in [6.45, 7) is 5.49. The second kappa shape index (κ2) is 5.63. The molecular formula is C15H25N3O. The summed E-state index contributed by atoms with van der Waals surface area (Å²) in [7, 11) is 0. The van der Waals surface area contributed by atoms with Crippen LogP contribution in [0.25, 0.3) is 0 Å². The normalized spacial score (nSPS) is 30.9. The highest BCUT2D eigenvalue weighted by Crippen LogP contribution is 2.38. The highest BCUT2D eigenvalue weighted by Gasteiger charge is 2.40. The number of nitrogens with one attached hydrogen (secondary N) is 1. The van der Waals surface area contributed by atoms with Gasteiger partial charge in [-0.25, -0.2) is 4.98 Å². The summed E-state index contributed by atoms with van der Waals surface area (Å²) >= 11 is 0. The van der Waals surface area contributed by atoms with Crippen LogP contribution in [0.3, 0.4) is 0 Å². The molecule has 1 aromatic rings. The van der Waals surface area contributed by atoms with Gasteiger partial charge in [0.05, 0.1) is 6.10 Å². The first kappa shape index (κ1) is 13.1. The standard InChI is InChI=1S/C15H25N3O/c1-2-3-4-15-16-7-13(17-15)10-18-8-11-5-14(19)6-12(11)9-18/h7,11-12,14,19H,2-6,8-10H2,1H3,(H,16,17)/t11-,12+,14?. The van der Waals surface area contributed by atoms with E-state index >= 15 is 0 Å². The molecule has 3 atom stereocenters. The first-order valence-corrected chi connectivity index (χ1v) is 7.67. The summed E-state index contributed by atoms with van der Waals surface area (Å²) < 4.78 is 0. The molecule has 1 aliphatic carbocycles. The Morgan fingerprint density at radius 2 is 2.11 bits per heavy atom. The van der Waals surface area contributed by atoms with Crippen LogP contribution in [0.15, 0.2) is 6.20 Å². The van der Waals surface area contributed by atoms with Crippen molar-refractivity contribution in [3.8, 4) is 0 Å². The van der Waals surface area contributed by atoms with Crippen molar-refractivity contribution in [1.29, 1.82) is 0 Å². The lowest BCUT2D eigenvalue weighted by molar-refractivity contribution is 0.161. The van der Waals surface area contributed by atoms with Gasteiger partial charge in [-0.15, -0.1) is 0 Å². The number of fused-ring (bicyclic) bond motifs is 1. The van der Waals surface area contributed by atoms with E-state index in [0.29, 0.717) is 0 Å². The van der Waals surface area contributed by atoms with Crippen molar-refractivity contribution in [3.63, 3.8) is 0 Å². The summed E-state index contributed by atoms with van der Waals surface area (Å²) in [5.74, 6) is 2.57. The van der Waals surface area contributed by atoms with Crippen LogP contribution in [0, 0.1) is 11.8 Å². The van der Waals surface area contributed by atoms with Crippen LogP contribution in [0.4, 0.5) is 0 Å². The molecule has 0 bridgehead atoms. The molecule has 1 unspecified atom stereocenters. The van der Waals surface area contributed by atoms with Crippen LogP contribution < -0.4 is 0 Å². The second-order valence-corrected chi connectivity index (χ2v) is 6.30. The van der Waals surface area contributed by atoms with Crippen molar-refractivity contribution < 1.29 is 5.11 Å². The third kappa shape index (κ3) is 3.00. The Morgan fingerprint density at radius 3 is 2.79 bits per heavy atom. The number of rotatable bonds is 5. The number of hydrogen-bond acceptors (Lipinski definition) is 3. The maximum atomic E-state index is 9.66. The fourth-order valence-corrected chi connectivity index (χ4v) is 3.69. The maximum absolute atomic E-state index is 9.66. The molecule has 2 N–H and O–H groups in total. The van der Waals surface area contributed by atoms with E-state index in [1.807, 2.05) is 6.20 Å². The predicted molar refractivity (Wildman–Crippen MR) is 74.7 cm³/mol. The zero-order chi connectivity index (χ0) is 13.2. The van der Waals surface area contributed by atoms with Crippen molar-refractivity contribution in [1.82, 2.24) is 14.9 Å². The minimum absolute atomic E-state index is 0.0371. The summed E-state index contributed by atoms with van der Waals surface area (Å²) in [5, 5.41) is 9.66. The maximum Gasteiger partial charge on any atom is 0.106 e. The number of H-pyrrole nitrogens is 1. The van der Waals surface area contributed by atoms with Gasteiger partial charge in [0.15, 0.2) is 0 Å². The Labute approximate surface area is 115 Å². The van der Waals surface area contributed by atoms with Gasteiger partial charge in [-0.2, -0.15) is 0 Å². The van der Waals surface area contributed by atoms with E-state index in [4.69, 9.17) is 0 Å². The number of aliphatic hydroxyl groups is 1. The number of aryl methyl sites for hydroxylation is 1. The highest BCUT2D eigenvalue weighted by molar-refractivity contribution is 5.03. The largest absolute Gasteiger partial charge is 0.393 e. The van der Waals surface area contributed by atoms with Crippen molar-refractivity contribution in [3.05, 3.63) is 17.7 Å². The summed E-state index contributed by atoms with van der Waals surface area (Å²) in [5.41, 5.74) is 1.24. The molecule has 2 aliphatic rings. The molecule has 106 valence electrons. The van der Waals surface area contributed by atoms with Crippen molar-refractivity contribution in [2.24, 2.45) is 11.8 Å². The van der Waals surface area contributed by atoms with Gasteiger partial charge in [-0.05, 0) is 31.1 Å². The Kier molecular flexibility index (Phi) is 3.89. The average Bonchev–Trinajstić information content (AvgIpc) is 3.02. The third-order valence-corrected chi connectivity index (χ3v) is 4.64. The monoisotopic (exact) mass is 263 g/mol. The molecule has 1 saturated heterocycles. The topological polar surface area (TPSA) is 52.1 Å². The smallest absolute Gasteiger partial charge is 0.106 e. The Morgan fingerprint density at radius 1 is 1.37 bits per heavy atom. The van der Waals surface area contributed by atoms with E-state index in [1.54, 1.807) is 0 Å². The molecule has 1 aliphatic heterocycles. The van der Waals surface area contributed by atoms with E-state index in [0.717, 1.165) is 56.6 Å². The number of aliphatic hydroxyl groups excluding tert-OH is 1. The second-order valence-electron chi connectivity index (χ2n) is 6.30. The van der Waals surface area contributed by atoms with E-state index in [-0.39, 0.29) is 6.10 Å². The molecule has 0 spiro atoms. The van der Waals surface area contributed by atoms with E-state index in [9.17, 15) is 5.11 Å². The minimum atomic E-state index is -0.0371. The van der Waals surface area contributed by atoms with Gasteiger partial charge in [-0.1, -0.05) is 13.3 Å². The first-order valence-electron chi connectivity index (χ1n) is 7.67. The van der Waals surface area contributed by atoms with Gasteiger partial charge in [0.1, 0.15) is 5.82 Å². The van der Waals surface area contributed by atoms with Crippen molar-refractivity contribution in [2.75, 3.05) is 13.1 Å².